The first-order valence-electron chi connectivity index (χ1n) is 6.29. The number of aromatic nitrogens is 1. The number of hydrogen-bond acceptors (Lipinski definition) is 5. The maximum absolute atomic E-state index is 11.7. The van der Waals surface area contributed by atoms with Gasteiger partial charge in [0.15, 0.2) is 0 Å². The van der Waals surface area contributed by atoms with E-state index < -0.39 is 0 Å². The zero-order chi connectivity index (χ0) is 14.5. The van der Waals surface area contributed by atoms with Crippen LogP contribution in [-0.2, 0) is 6.54 Å². The summed E-state index contributed by atoms with van der Waals surface area (Å²) in [7, 11) is 3.99. The number of carbonyl (C=O) groups is 1. The summed E-state index contributed by atoms with van der Waals surface area (Å²) < 4.78 is 4.86. The van der Waals surface area contributed by atoms with E-state index in [1.54, 1.807) is 13.0 Å². The third-order valence-electron chi connectivity index (χ3n) is 2.80. The Bertz CT molecular complexity index is 575. The van der Waals surface area contributed by atoms with Gasteiger partial charge in [0.25, 0.3) is 0 Å². The number of nitrogens with zero attached hydrogens (tertiary/aromatic N) is 2. The number of amides is 1. The highest BCUT2D eigenvalue weighted by Crippen LogP contribution is 2.11. The molecular weight excluding hydrogens is 256 g/mol. The molecule has 0 atom stereocenters. The molecule has 20 heavy (non-hydrogen) atoms. The fourth-order valence-electron chi connectivity index (χ4n) is 1.67. The van der Waals surface area contributed by atoms with E-state index >= 15 is 0 Å². The van der Waals surface area contributed by atoms with Gasteiger partial charge in [0.2, 0.25) is 5.76 Å². The van der Waals surface area contributed by atoms with E-state index in [4.69, 9.17) is 4.52 Å². The summed E-state index contributed by atoms with van der Waals surface area (Å²) >= 11 is 0. The highest BCUT2D eigenvalue weighted by molar-refractivity contribution is 5.90. The van der Waals surface area contributed by atoms with Crippen molar-refractivity contribution >= 4 is 11.6 Å². The lowest BCUT2D eigenvalue weighted by atomic mass is 10.2. The number of aryl methyl sites for hydroxylation is 1. The summed E-state index contributed by atoms with van der Waals surface area (Å²) in [5, 5.41) is 3.66. The molecule has 2 aromatic rings. The van der Waals surface area contributed by atoms with Crippen LogP contribution < -0.4 is 15.8 Å². The van der Waals surface area contributed by atoms with Crippen molar-refractivity contribution in [2.75, 3.05) is 19.0 Å². The van der Waals surface area contributed by atoms with E-state index in [0.717, 1.165) is 11.3 Å². The summed E-state index contributed by atoms with van der Waals surface area (Å²) in [5.41, 5.74) is 8.31. The molecule has 0 unspecified atom stereocenters. The van der Waals surface area contributed by atoms with Gasteiger partial charge in [-0.25, -0.2) is 5.43 Å². The average molecular weight is 274 g/mol. The molecule has 1 aromatic heterocycles. The number of benzene rings is 1. The molecule has 2 rings (SSSR count). The highest BCUT2D eigenvalue weighted by atomic mass is 16.5. The molecule has 0 spiro atoms. The molecule has 0 fully saturated rings. The van der Waals surface area contributed by atoms with Crippen molar-refractivity contribution in [2.24, 2.45) is 0 Å². The van der Waals surface area contributed by atoms with E-state index in [9.17, 15) is 4.79 Å². The largest absolute Gasteiger partial charge is 0.378 e. The minimum Gasteiger partial charge on any atom is -0.378 e. The van der Waals surface area contributed by atoms with Crippen LogP contribution in [-0.4, -0.2) is 25.2 Å². The minimum atomic E-state index is -0.337. The monoisotopic (exact) mass is 274 g/mol. The van der Waals surface area contributed by atoms with Crippen molar-refractivity contribution in [3.8, 4) is 0 Å². The Morgan fingerprint density at radius 3 is 2.55 bits per heavy atom. The maximum atomic E-state index is 11.7. The summed E-state index contributed by atoms with van der Waals surface area (Å²) in [6.45, 7) is 2.30. The first-order valence-corrected chi connectivity index (χ1v) is 6.29. The second-order valence-electron chi connectivity index (χ2n) is 4.70. The van der Waals surface area contributed by atoms with Crippen LogP contribution in [0.1, 0.15) is 21.8 Å². The second-order valence-corrected chi connectivity index (χ2v) is 4.70. The molecule has 2 N–H and O–H groups in total. The summed E-state index contributed by atoms with van der Waals surface area (Å²) in [6, 6.07) is 9.65. The lowest BCUT2D eigenvalue weighted by Gasteiger charge is -2.13. The number of hydrazine groups is 1. The summed E-state index contributed by atoms with van der Waals surface area (Å²) in [5.74, 6) is -0.145. The molecule has 106 valence electrons. The van der Waals surface area contributed by atoms with E-state index in [0.29, 0.717) is 12.2 Å². The molecule has 0 saturated carbocycles. The Labute approximate surface area is 117 Å². The number of hydrogen-bond donors (Lipinski definition) is 2. The van der Waals surface area contributed by atoms with Crippen molar-refractivity contribution in [2.45, 2.75) is 13.5 Å². The van der Waals surface area contributed by atoms with Crippen LogP contribution in [0.5, 0.6) is 0 Å². The van der Waals surface area contributed by atoms with Crippen molar-refractivity contribution in [1.29, 1.82) is 0 Å². The maximum Gasteiger partial charge on any atom is 0.303 e. The third-order valence-corrected chi connectivity index (χ3v) is 2.80. The Morgan fingerprint density at radius 2 is 2.00 bits per heavy atom. The topological polar surface area (TPSA) is 70.4 Å². The quantitative estimate of drug-likeness (QED) is 0.808. The van der Waals surface area contributed by atoms with E-state index in [1.165, 1.54) is 0 Å². The Morgan fingerprint density at radius 1 is 1.30 bits per heavy atom. The van der Waals surface area contributed by atoms with Crippen LogP contribution in [0.2, 0.25) is 0 Å². The number of rotatable bonds is 5. The van der Waals surface area contributed by atoms with Crippen molar-refractivity contribution < 1.29 is 9.32 Å². The van der Waals surface area contributed by atoms with Crippen molar-refractivity contribution in [3.05, 3.63) is 47.3 Å². The molecular formula is C14H18N4O2. The molecule has 0 bridgehead atoms. The van der Waals surface area contributed by atoms with Crippen LogP contribution in [0.4, 0.5) is 5.69 Å². The van der Waals surface area contributed by atoms with Crippen molar-refractivity contribution in [1.82, 2.24) is 16.0 Å². The molecule has 0 aliphatic carbocycles. The van der Waals surface area contributed by atoms with Gasteiger partial charge in [0.1, 0.15) is 0 Å². The van der Waals surface area contributed by atoms with Gasteiger partial charge in [-0.05, 0) is 24.6 Å². The first kappa shape index (κ1) is 14.1. The van der Waals surface area contributed by atoms with Gasteiger partial charge in [0.05, 0.1) is 5.69 Å². The zero-order valence-electron chi connectivity index (χ0n) is 11.8. The molecule has 0 aliphatic heterocycles. The van der Waals surface area contributed by atoms with E-state index in [2.05, 4.69) is 16.0 Å². The van der Waals surface area contributed by atoms with Gasteiger partial charge < -0.3 is 9.42 Å². The van der Waals surface area contributed by atoms with Gasteiger partial charge in [-0.1, -0.05) is 17.3 Å². The van der Waals surface area contributed by atoms with Gasteiger partial charge in [-0.2, -0.15) is 0 Å². The summed E-state index contributed by atoms with van der Waals surface area (Å²) in [6.07, 6.45) is 0. The van der Waals surface area contributed by atoms with Crippen LogP contribution in [0.15, 0.2) is 34.9 Å². The Kier molecular flexibility index (Phi) is 4.37. The Hall–Kier alpha value is -2.34. The molecule has 1 amide bonds. The Balaban J connectivity index is 1.82. The number of nitrogens with one attached hydrogen (secondary N) is 2. The minimum absolute atomic E-state index is 0.193. The van der Waals surface area contributed by atoms with E-state index in [1.807, 2.05) is 43.3 Å². The highest BCUT2D eigenvalue weighted by Gasteiger charge is 2.10. The molecule has 6 heteroatoms. The SMILES string of the molecule is Cc1cc(C(=O)NNCc2ccc(N(C)C)cc2)on1. The summed E-state index contributed by atoms with van der Waals surface area (Å²) in [4.78, 5) is 13.7. The van der Waals surface area contributed by atoms with Crippen LogP contribution in [0, 0.1) is 6.92 Å². The molecule has 1 aromatic carbocycles. The standard InChI is InChI=1S/C14H18N4O2/c1-10-8-13(20-17-10)14(19)16-15-9-11-4-6-12(7-5-11)18(2)3/h4-8,15H,9H2,1-3H3,(H,16,19). The third kappa shape index (κ3) is 3.58. The van der Waals surface area contributed by atoms with Crippen LogP contribution in [0.25, 0.3) is 0 Å². The van der Waals surface area contributed by atoms with Crippen LogP contribution >= 0.6 is 0 Å². The lowest BCUT2D eigenvalue weighted by molar-refractivity contribution is 0.0894. The number of carbonyl (C=O) groups excluding carboxylic acids is 1. The van der Waals surface area contributed by atoms with Gasteiger partial charge in [0, 0.05) is 32.4 Å². The fraction of sp³-hybridized carbons (Fsp3) is 0.286. The van der Waals surface area contributed by atoms with E-state index in [-0.39, 0.29) is 11.7 Å². The smallest absolute Gasteiger partial charge is 0.303 e. The van der Waals surface area contributed by atoms with Crippen LogP contribution in [0.3, 0.4) is 0 Å². The second kappa shape index (κ2) is 6.21. The van der Waals surface area contributed by atoms with Crippen molar-refractivity contribution in [3.63, 3.8) is 0 Å². The molecule has 0 aliphatic rings. The predicted molar refractivity (Wildman–Crippen MR) is 76.3 cm³/mol. The normalized spacial score (nSPS) is 10.3. The molecule has 0 saturated heterocycles. The van der Waals surface area contributed by atoms with Gasteiger partial charge >= 0.3 is 5.91 Å². The predicted octanol–water partition coefficient (Wildman–Crippen LogP) is 1.48. The molecule has 1 heterocycles. The number of anilines is 1. The van der Waals surface area contributed by atoms with Gasteiger partial charge in [-0.15, -0.1) is 0 Å². The average Bonchev–Trinajstić information content (AvgIpc) is 2.86. The first-order chi connectivity index (χ1) is 9.56. The lowest BCUT2D eigenvalue weighted by Crippen LogP contribution is -2.36. The fourth-order valence-corrected chi connectivity index (χ4v) is 1.67. The molecule has 0 radical (unpaired) electrons. The van der Waals surface area contributed by atoms with Gasteiger partial charge in [-0.3, -0.25) is 10.2 Å². The zero-order valence-corrected chi connectivity index (χ0v) is 11.8. The molecule has 6 nitrogen and oxygen atoms in total.